The van der Waals surface area contributed by atoms with E-state index in [2.05, 4.69) is 20.0 Å². The van der Waals surface area contributed by atoms with E-state index in [-0.39, 0.29) is 35.6 Å². The zero-order valence-electron chi connectivity index (χ0n) is 19.7. The second-order valence-corrected chi connectivity index (χ2v) is 10.6. The number of piperazine rings is 1. The van der Waals surface area contributed by atoms with Crippen LogP contribution in [0.25, 0.3) is 5.65 Å². The Morgan fingerprint density at radius 3 is 2.47 bits per heavy atom. The highest BCUT2D eigenvalue weighted by Crippen LogP contribution is 2.17. The molecule has 3 heterocycles. The normalized spacial score (nSPS) is 14.2. The Morgan fingerprint density at radius 1 is 1.03 bits per heavy atom. The molecule has 192 valence electrons. The number of hydrogen-bond acceptors (Lipinski definition) is 9. The maximum Gasteiger partial charge on any atom is 0.409 e. The van der Waals surface area contributed by atoms with Gasteiger partial charge >= 0.3 is 6.09 Å². The van der Waals surface area contributed by atoms with Gasteiger partial charge in [0.25, 0.3) is 0 Å². The smallest absolute Gasteiger partial charge is 0.409 e. The Labute approximate surface area is 213 Å². The molecule has 14 heteroatoms. The maximum atomic E-state index is 12.7. The Balaban J connectivity index is 1.30. The summed E-state index contributed by atoms with van der Waals surface area (Å²) in [6, 6.07) is 11.7. The minimum Gasteiger partial charge on any atom is -0.450 e. The van der Waals surface area contributed by atoms with Crippen LogP contribution in [0.3, 0.4) is 0 Å². The number of fused-ring (bicyclic) bond motifs is 1. The summed E-state index contributed by atoms with van der Waals surface area (Å²) in [6.45, 7) is 4.01. The van der Waals surface area contributed by atoms with Gasteiger partial charge in [0.2, 0.25) is 15.9 Å². The first-order valence-electron chi connectivity index (χ1n) is 11.5. The molecule has 1 aliphatic heterocycles. The molecular weight excluding hydrogens is 506 g/mol. The third-order valence-corrected chi connectivity index (χ3v) is 7.88. The first-order chi connectivity index (χ1) is 17.4. The standard InChI is InChI=1S/C22H27N7O5S2/c1-2-34-22(31)28-14-12-27(13-15-28)21(30)16-35-20-9-8-18-24-25-19(29(18)26-20)10-11-23-36(32,33)17-6-4-3-5-7-17/h3-9,23H,2,10-16H2,1H3. The first-order valence-corrected chi connectivity index (χ1v) is 13.9. The van der Waals surface area contributed by atoms with E-state index < -0.39 is 10.0 Å². The van der Waals surface area contributed by atoms with E-state index in [0.717, 1.165) is 0 Å². The van der Waals surface area contributed by atoms with Crippen molar-refractivity contribution in [1.29, 1.82) is 0 Å². The first kappa shape index (κ1) is 25.9. The van der Waals surface area contributed by atoms with Crippen LogP contribution >= 0.6 is 11.8 Å². The third kappa shape index (κ3) is 6.30. The summed E-state index contributed by atoms with van der Waals surface area (Å²) in [7, 11) is -3.62. The van der Waals surface area contributed by atoms with E-state index in [4.69, 9.17) is 4.74 Å². The topological polar surface area (TPSA) is 139 Å². The molecule has 0 bridgehead atoms. The summed E-state index contributed by atoms with van der Waals surface area (Å²) in [5.74, 6) is 0.668. The third-order valence-electron chi connectivity index (χ3n) is 5.50. The number of rotatable bonds is 9. The van der Waals surface area contributed by atoms with E-state index in [1.165, 1.54) is 23.9 Å². The number of benzene rings is 1. The average molecular weight is 534 g/mol. The quantitative estimate of drug-likeness (QED) is 0.400. The van der Waals surface area contributed by atoms with Crippen LogP contribution in [0.4, 0.5) is 4.79 Å². The molecule has 2 amide bonds. The van der Waals surface area contributed by atoms with Crippen LogP contribution in [0, 0.1) is 0 Å². The monoisotopic (exact) mass is 533 g/mol. The SMILES string of the molecule is CCOC(=O)N1CCN(C(=O)CSc2ccc3nnc(CCNS(=O)(=O)c4ccccc4)n3n2)CC1. The number of thioether (sulfide) groups is 1. The second-order valence-electron chi connectivity index (χ2n) is 7.87. The van der Waals surface area contributed by atoms with Gasteiger partial charge in [0.15, 0.2) is 11.5 Å². The van der Waals surface area contributed by atoms with E-state index >= 15 is 0 Å². The van der Waals surface area contributed by atoms with Crippen LogP contribution in [0.15, 0.2) is 52.4 Å². The molecule has 1 aliphatic rings. The van der Waals surface area contributed by atoms with Gasteiger partial charge < -0.3 is 14.5 Å². The largest absolute Gasteiger partial charge is 0.450 e. The Bertz CT molecular complexity index is 1310. The van der Waals surface area contributed by atoms with Gasteiger partial charge in [0.05, 0.1) is 17.3 Å². The zero-order chi connectivity index (χ0) is 25.5. The van der Waals surface area contributed by atoms with Crippen molar-refractivity contribution in [3.8, 4) is 0 Å². The summed E-state index contributed by atoms with van der Waals surface area (Å²) in [5.41, 5.74) is 0.529. The van der Waals surface area contributed by atoms with Gasteiger partial charge in [-0.3, -0.25) is 4.79 Å². The van der Waals surface area contributed by atoms with Crippen LogP contribution in [0.5, 0.6) is 0 Å². The van der Waals surface area contributed by atoms with E-state index in [0.29, 0.717) is 49.3 Å². The highest BCUT2D eigenvalue weighted by Gasteiger charge is 2.25. The van der Waals surface area contributed by atoms with Crippen molar-refractivity contribution >= 4 is 39.4 Å². The van der Waals surface area contributed by atoms with Crippen molar-refractivity contribution in [2.45, 2.75) is 23.3 Å². The molecule has 0 spiro atoms. The minimum absolute atomic E-state index is 0.0373. The number of carbonyl (C=O) groups is 2. The zero-order valence-corrected chi connectivity index (χ0v) is 21.4. The van der Waals surface area contributed by atoms with Crippen molar-refractivity contribution < 1.29 is 22.7 Å². The Morgan fingerprint density at radius 2 is 1.75 bits per heavy atom. The van der Waals surface area contributed by atoms with E-state index in [1.54, 1.807) is 51.6 Å². The summed E-state index contributed by atoms with van der Waals surface area (Å²) in [4.78, 5) is 28.0. The van der Waals surface area contributed by atoms with Crippen LogP contribution in [0.1, 0.15) is 12.7 Å². The summed E-state index contributed by atoms with van der Waals surface area (Å²) >= 11 is 1.29. The predicted octanol–water partition coefficient (Wildman–Crippen LogP) is 1.04. The van der Waals surface area contributed by atoms with Crippen molar-refractivity contribution in [3.63, 3.8) is 0 Å². The Kier molecular flexibility index (Phi) is 8.38. The molecule has 1 aromatic carbocycles. The van der Waals surface area contributed by atoms with Crippen LogP contribution in [-0.4, -0.2) is 95.1 Å². The van der Waals surface area contributed by atoms with Gasteiger partial charge in [-0.15, -0.1) is 10.2 Å². The molecule has 0 saturated carbocycles. The molecule has 0 atom stereocenters. The van der Waals surface area contributed by atoms with Gasteiger partial charge in [-0.05, 0) is 31.2 Å². The lowest BCUT2D eigenvalue weighted by molar-refractivity contribution is -0.129. The number of amides is 2. The lowest BCUT2D eigenvalue weighted by Crippen LogP contribution is -2.51. The fourth-order valence-electron chi connectivity index (χ4n) is 3.61. The summed E-state index contributed by atoms with van der Waals surface area (Å²) in [5, 5.41) is 13.3. The van der Waals surface area contributed by atoms with Gasteiger partial charge in [0.1, 0.15) is 5.03 Å². The molecule has 1 fully saturated rings. The highest BCUT2D eigenvalue weighted by atomic mass is 32.2. The van der Waals surface area contributed by atoms with E-state index in [9.17, 15) is 18.0 Å². The second kappa shape index (κ2) is 11.7. The number of nitrogens with one attached hydrogen (secondary N) is 1. The highest BCUT2D eigenvalue weighted by molar-refractivity contribution is 7.99. The van der Waals surface area contributed by atoms with Gasteiger partial charge in [-0.2, -0.15) is 9.61 Å². The van der Waals surface area contributed by atoms with Gasteiger partial charge in [0, 0.05) is 39.1 Å². The molecule has 2 aromatic heterocycles. The number of sulfonamides is 1. The molecular formula is C22H27N7O5S2. The maximum absolute atomic E-state index is 12.7. The molecule has 1 N–H and O–H groups in total. The molecule has 0 radical (unpaired) electrons. The van der Waals surface area contributed by atoms with Crippen molar-refractivity contribution in [2.75, 3.05) is 45.1 Å². The van der Waals surface area contributed by atoms with Gasteiger partial charge in [-0.1, -0.05) is 30.0 Å². The van der Waals surface area contributed by atoms with Crippen LogP contribution in [-0.2, 0) is 26.0 Å². The lowest BCUT2D eigenvalue weighted by atomic mass is 10.3. The number of aromatic nitrogens is 4. The van der Waals surface area contributed by atoms with Crippen LogP contribution in [0.2, 0.25) is 0 Å². The van der Waals surface area contributed by atoms with Gasteiger partial charge in [-0.25, -0.2) is 17.9 Å². The molecule has 0 unspecified atom stereocenters. The molecule has 12 nitrogen and oxygen atoms in total. The number of carbonyl (C=O) groups excluding carboxylic acids is 2. The van der Waals surface area contributed by atoms with Crippen LogP contribution < -0.4 is 4.72 Å². The lowest BCUT2D eigenvalue weighted by Gasteiger charge is -2.34. The molecule has 36 heavy (non-hydrogen) atoms. The fourth-order valence-corrected chi connectivity index (χ4v) is 5.42. The van der Waals surface area contributed by atoms with E-state index in [1.807, 2.05) is 0 Å². The summed E-state index contributed by atoms with van der Waals surface area (Å²) < 4.78 is 33.9. The fraction of sp³-hybridized carbons (Fsp3) is 0.409. The minimum atomic E-state index is -3.62. The number of ether oxygens (including phenoxy) is 1. The van der Waals surface area contributed by atoms with Crippen molar-refractivity contribution in [2.24, 2.45) is 0 Å². The molecule has 4 rings (SSSR count). The molecule has 1 saturated heterocycles. The Hall–Kier alpha value is -3.23. The number of nitrogens with zero attached hydrogens (tertiary/aromatic N) is 6. The molecule has 0 aliphatic carbocycles. The number of hydrogen-bond donors (Lipinski definition) is 1. The van der Waals surface area contributed by atoms with Crippen molar-refractivity contribution in [1.82, 2.24) is 34.3 Å². The summed E-state index contributed by atoms with van der Waals surface area (Å²) in [6.07, 6.45) is -0.0630. The van der Waals surface area contributed by atoms with Crippen molar-refractivity contribution in [3.05, 3.63) is 48.3 Å². The average Bonchev–Trinajstić information content (AvgIpc) is 3.30. The predicted molar refractivity (Wildman–Crippen MR) is 132 cm³/mol. The molecule has 3 aromatic rings.